The Hall–Kier alpha value is -1.46. The van der Waals surface area contributed by atoms with Crippen molar-refractivity contribution >= 4 is 5.91 Å². The predicted molar refractivity (Wildman–Crippen MR) is 81.4 cm³/mol. The maximum absolute atomic E-state index is 12.5. The summed E-state index contributed by atoms with van der Waals surface area (Å²) in [5.74, 6) is 0.338. The van der Waals surface area contributed by atoms with Gasteiger partial charge in [0.25, 0.3) is 0 Å². The number of nitrogens with two attached hydrogens (primary N) is 1. The van der Waals surface area contributed by atoms with Gasteiger partial charge in [0.15, 0.2) is 0 Å². The molecule has 2 fully saturated rings. The Balaban J connectivity index is 1.50. The molecule has 0 radical (unpaired) electrons. The number of carbonyl (C=O) groups is 1. The first-order valence-electron chi connectivity index (χ1n) is 7.90. The fourth-order valence-corrected chi connectivity index (χ4v) is 3.38. The molecule has 1 aromatic heterocycles. The summed E-state index contributed by atoms with van der Waals surface area (Å²) in [5, 5.41) is 0. The highest BCUT2D eigenvalue weighted by molar-refractivity contribution is 5.80. The molecule has 114 valence electrons. The second-order valence-corrected chi connectivity index (χ2v) is 6.12. The van der Waals surface area contributed by atoms with Crippen molar-refractivity contribution in [2.75, 3.05) is 26.2 Å². The van der Waals surface area contributed by atoms with Crippen LogP contribution >= 0.6 is 0 Å². The van der Waals surface area contributed by atoms with Gasteiger partial charge >= 0.3 is 0 Å². The normalized spacial score (nSPS) is 27.0. The molecule has 1 amide bonds. The molecule has 0 bridgehead atoms. The van der Waals surface area contributed by atoms with Crippen LogP contribution in [0.2, 0.25) is 0 Å². The van der Waals surface area contributed by atoms with Crippen LogP contribution in [0.25, 0.3) is 0 Å². The quantitative estimate of drug-likeness (QED) is 0.896. The number of piperazine rings is 1. The zero-order valence-corrected chi connectivity index (χ0v) is 12.4. The summed E-state index contributed by atoms with van der Waals surface area (Å²) in [6.07, 6.45) is 4.89. The fraction of sp³-hybridized carbons (Fsp3) is 0.625. The van der Waals surface area contributed by atoms with Gasteiger partial charge in [0, 0.05) is 45.0 Å². The van der Waals surface area contributed by atoms with Crippen LogP contribution in [0.5, 0.6) is 0 Å². The Bertz CT molecular complexity index is 470. The Morgan fingerprint density at radius 3 is 2.67 bits per heavy atom. The van der Waals surface area contributed by atoms with E-state index in [1.165, 1.54) is 0 Å². The molecule has 2 atom stereocenters. The molecule has 1 aliphatic heterocycles. The lowest BCUT2D eigenvalue weighted by Gasteiger charge is -2.36. The van der Waals surface area contributed by atoms with Crippen molar-refractivity contribution in [1.82, 2.24) is 14.8 Å². The largest absolute Gasteiger partial charge is 0.340 e. The molecule has 1 aromatic rings. The molecular formula is C16H24N4O. The molecule has 1 saturated carbocycles. The molecule has 5 heteroatoms. The van der Waals surface area contributed by atoms with Crippen molar-refractivity contribution < 1.29 is 4.79 Å². The van der Waals surface area contributed by atoms with Gasteiger partial charge in [-0.2, -0.15) is 0 Å². The molecule has 0 spiro atoms. The molecule has 3 rings (SSSR count). The highest BCUT2D eigenvalue weighted by Crippen LogP contribution is 2.26. The lowest BCUT2D eigenvalue weighted by atomic mass is 10.0. The molecule has 0 unspecified atom stereocenters. The number of aromatic nitrogens is 1. The molecule has 0 aromatic carbocycles. The second-order valence-electron chi connectivity index (χ2n) is 6.12. The third-order valence-corrected chi connectivity index (χ3v) is 4.68. The third-order valence-electron chi connectivity index (χ3n) is 4.68. The monoisotopic (exact) mass is 288 g/mol. The van der Waals surface area contributed by atoms with E-state index >= 15 is 0 Å². The van der Waals surface area contributed by atoms with Gasteiger partial charge in [0.2, 0.25) is 5.91 Å². The van der Waals surface area contributed by atoms with E-state index in [1.807, 2.05) is 23.2 Å². The highest BCUT2D eigenvalue weighted by atomic mass is 16.2. The fourth-order valence-electron chi connectivity index (χ4n) is 3.38. The minimum atomic E-state index is 0.0624. The average molecular weight is 288 g/mol. The average Bonchev–Trinajstić information content (AvgIpc) is 2.94. The molecule has 2 N–H and O–H groups in total. The van der Waals surface area contributed by atoms with E-state index in [0.717, 1.165) is 57.7 Å². The lowest BCUT2D eigenvalue weighted by Crippen LogP contribution is -2.51. The number of carbonyl (C=O) groups excluding carboxylic acids is 1. The number of pyridine rings is 1. The summed E-state index contributed by atoms with van der Waals surface area (Å²) >= 11 is 0. The van der Waals surface area contributed by atoms with Crippen molar-refractivity contribution in [3.8, 4) is 0 Å². The Labute approximate surface area is 126 Å². The summed E-state index contributed by atoms with van der Waals surface area (Å²) in [5.41, 5.74) is 7.14. The Kier molecular flexibility index (Phi) is 4.51. The second kappa shape index (κ2) is 6.54. The maximum Gasteiger partial charge on any atom is 0.227 e. The van der Waals surface area contributed by atoms with Gasteiger partial charge in [-0.3, -0.25) is 14.7 Å². The van der Waals surface area contributed by atoms with Crippen molar-refractivity contribution in [2.24, 2.45) is 11.7 Å². The molecule has 21 heavy (non-hydrogen) atoms. The number of nitrogens with zero attached hydrogens (tertiary/aromatic N) is 3. The van der Waals surface area contributed by atoms with Crippen LogP contribution in [0.15, 0.2) is 24.4 Å². The standard InChI is InChI=1S/C16H24N4O/c17-15-6-3-5-14(15)16(21)20-10-8-19(9-11-20)12-13-4-1-2-7-18-13/h1-2,4,7,14-15H,3,5-6,8-12,17H2/t14-,15-/m0/s1. The van der Waals surface area contributed by atoms with E-state index in [0.29, 0.717) is 0 Å². The van der Waals surface area contributed by atoms with Crippen molar-refractivity contribution in [2.45, 2.75) is 31.8 Å². The zero-order valence-electron chi connectivity index (χ0n) is 12.4. The Morgan fingerprint density at radius 2 is 2.05 bits per heavy atom. The molecule has 1 saturated heterocycles. The van der Waals surface area contributed by atoms with Gasteiger partial charge in [-0.25, -0.2) is 0 Å². The van der Waals surface area contributed by atoms with Crippen molar-refractivity contribution in [1.29, 1.82) is 0 Å². The van der Waals surface area contributed by atoms with Crippen molar-refractivity contribution in [3.05, 3.63) is 30.1 Å². The van der Waals surface area contributed by atoms with E-state index in [9.17, 15) is 4.79 Å². The summed E-state index contributed by atoms with van der Waals surface area (Å²) in [4.78, 5) is 21.2. The smallest absolute Gasteiger partial charge is 0.227 e. The Morgan fingerprint density at radius 1 is 1.24 bits per heavy atom. The van der Waals surface area contributed by atoms with Crippen LogP contribution in [0, 0.1) is 5.92 Å². The van der Waals surface area contributed by atoms with E-state index in [2.05, 4.69) is 16.0 Å². The summed E-state index contributed by atoms with van der Waals surface area (Å²) < 4.78 is 0. The van der Waals surface area contributed by atoms with E-state index < -0.39 is 0 Å². The SMILES string of the molecule is N[C@H]1CCC[C@@H]1C(=O)N1CCN(Cc2ccccn2)CC1. The van der Waals surface area contributed by atoms with Gasteiger partial charge in [0.05, 0.1) is 11.6 Å². The van der Waals surface area contributed by atoms with Crippen LogP contribution in [0.1, 0.15) is 25.0 Å². The first kappa shape index (κ1) is 14.5. The third kappa shape index (κ3) is 3.41. The minimum Gasteiger partial charge on any atom is -0.340 e. The predicted octanol–water partition coefficient (Wildman–Crippen LogP) is 0.853. The molecule has 1 aliphatic carbocycles. The van der Waals surface area contributed by atoms with Crippen molar-refractivity contribution in [3.63, 3.8) is 0 Å². The van der Waals surface area contributed by atoms with Gasteiger partial charge < -0.3 is 10.6 Å². The van der Waals surface area contributed by atoms with Crippen LogP contribution < -0.4 is 5.73 Å². The zero-order chi connectivity index (χ0) is 14.7. The van der Waals surface area contributed by atoms with Gasteiger partial charge in [-0.15, -0.1) is 0 Å². The van der Waals surface area contributed by atoms with Crippen LogP contribution in [-0.4, -0.2) is 52.9 Å². The van der Waals surface area contributed by atoms with Gasteiger partial charge in [0.1, 0.15) is 0 Å². The van der Waals surface area contributed by atoms with Gasteiger partial charge in [-0.05, 0) is 25.0 Å². The molecule has 2 heterocycles. The number of rotatable bonds is 3. The van der Waals surface area contributed by atoms with E-state index in [4.69, 9.17) is 5.73 Å². The summed E-state index contributed by atoms with van der Waals surface area (Å²) in [7, 11) is 0. The lowest BCUT2D eigenvalue weighted by molar-refractivity contribution is -0.137. The van der Waals surface area contributed by atoms with Crippen LogP contribution in [-0.2, 0) is 11.3 Å². The summed E-state index contributed by atoms with van der Waals surface area (Å²) in [6, 6.07) is 6.08. The highest BCUT2D eigenvalue weighted by Gasteiger charge is 2.34. The van der Waals surface area contributed by atoms with E-state index in [-0.39, 0.29) is 17.9 Å². The number of hydrogen-bond donors (Lipinski definition) is 1. The molecular weight excluding hydrogens is 264 g/mol. The topological polar surface area (TPSA) is 62.5 Å². The van der Waals surface area contributed by atoms with Crippen LogP contribution in [0.4, 0.5) is 0 Å². The van der Waals surface area contributed by atoms with Crippen LogP contribution in [0.3, 0.4) is 0 Å². The molecule has 2 aliphatic rings. The first-order valence-corrected chi connectivity index (χ1v) is 7.90. The maximum atomic E-state index is 12.5. The number of amides is 1. The van der Waals surface area contributed by atoms with E-state index in [1.54, 1.807) is 0 Å². The molecule has 5 nitrogen and oxygen atoms in total. The summed E-state index contributed by atoms with van der Waals surface area (Å²) in [6.45, 7) is 4.34. The number of hydrogen-bond acceptors (Lipinski definition) is 4. The minimum absolute atomic E-state index is 0.0624. The van der Waals surface area contributed by atoms with Gasteiger partial charge in [-0.1, -0.05) is 12.5 Å². The first-order chi connectivity index (χ1) is 10.2.